The van der Waals surface area contributed by atoms with Crippen molar-refractivity contribution in [1.82, 2.24) is 4.57 Å². The van der Waals surface area contributed by atoms with E-state index in [2.05, 4.69) is 87.7 Å². The third-order valence-corrected chi connectivity index (χ3v) is 5.99. The van der Waals surface area contributed by atoms with Gasteiger partial charge in [0.15, 0.2) is 0 Å². The molecule has 4 aromatic carbocycles. The lowest BCUT2D eigenvalue weighted by Crippen LogP contribution is -1.93. The summed E-state index contributed by atoms with van der Waals surface area (Å²) in [5.41, 5.74) is 7.43. The fourth-order valence-corrected chi connectivity index (χ4v) is 4.33. The minimum Gasteiger partial charge on any atom is -0.309 e. The molecule has 0 amide bonds. The van der Waals surface area contributed by atoms with Crippen molar-refractivity contribution in [3.05, 3.63) is 107 Å². The number of nitrogens with zero attached hydrogens (tertiary/aromatic N) is 1. The van der Waals surface area contributed by atoms with Gasteiger partial charge in [-0.05, 0) is 59.2 Å². The fraction of sp³-hybridized carbons (Fsp3) is 0. The summed E-state index contributed by atoms with van der Waals surface area (Å²) in [4.78, 5) is 11.0. The van der Waals surface area contributed by atoms with Gasteiger partial charge >= 0.3 is 0 Å². The van der Waals surface area contributed by atoms with Crippen molar-refractivity contribution in [3.63, 3.8) is 0 Å². The van der Waals surface area contributed by atoms with Crippen LogP contribution in [0.1, 0.15) is 15.9 Å². The van der Waals surface area contributed by atoms with Crippen LogP contribution >= 0.6 is 15.9 Å². The SMILES string of the molecule is C=Cc1ccc(-n2c3ccc(Br)cc3c3cc(-c4ccc(C=O)cc4)ccc32)cc1. The molecule has 1 heterocycles. The van der Waals surface area contributed by atoms with E-state index in [-0.39, 0.29) is 0 Å². The van der Waals surface area contributed by atoms with E-state index in [0.717, 1.165) is 44.2 Å². The van der Waals surface area contributed by atoms with Gasteiger partial charge in [0.25, 0.3) is 0 Å². The van der Waals surface area contributed by atoms with Crippen LogP contribution in [0.3, 0.4) is 0 Å². The average Bonchev–Trinajstić information content (AvgIpc) is 3.12. The van der Waals surface area contributed by atoms with Gasteiger partial charge in [-0.1, -0.05) is 71.0 Å². The van der Waals surface area contributed by atoms with Gasteiger partial charge in [0, 0.05) is 26.5 Å². The Morgan fingerprint density at radius 1 is 0.700 bits per heavy atom. The summed E-state index contributed by atoms with van der Waals surface area (Å²) in [6.45, 7) is 3.85. The van der Waals surface area contributed by atoms with Crippen molar-refractivity contribution < 1.29 is 4.79 Å². The Morgan fingerprint density at radius 3 is 1.97 bits per heavy atom. The molecule has 0 bridgehead atoms. The van der Waals surface area contributed by atoms with E-state index >= 15 is 0 Å². The van der Waals surface area contributed by atoms with Crippen LogP contribution in [-0.4, -0.2) is 10.9 Å². The van der Waals surface area contributed by atoms with Crippen LogP contribution in [-0.2, 0) is 0 Å². The predicted molar refractivity (Wildman–Crippen MR) is 129 cm³/mol. The monoisotopic (exact) mass is 451 g/mol. The summed E-state index contributed by atoms with van der Waals surface area (Å²) in [6.07, 6.45) is 2.73. The van der Waals surface area contributed by atoms with Gasteiger partial charge in [-0.25, -0.2) is 0 Å². The molecule has 5 aromatic rings. The number of hydrogen-bond acceptors (Lipinski definition) is 1. The minimum absolute atomic E-state index is 0.684. The average molecular weight is 452 g/mol. The lowest BCUT2D eigenvalue weighted by Gasteiger charge is -2.09. The number of carbonyl (C=O) groups is 1. The molecule has 0 aliphatic carbocycles. The maximum atomic E-state index is 11.0. The highest BCUT2D eigenvalue weighted by atomic mass is 79.9. The van der Waals surface area contributed by atoms with E-state index in [9.17, 15) is 4.79 Å². The van der Waals surface area contributed by atoms with Gasteiger partial charge in [0.05, 0.1) is 11.0 Å². The van der Waals surface area contributed by atoms with E-state index in [1.54, 1.807) is 0 Å². The minimum atomic E-state index is 0.684. The molecule has 0 aliphatic rings. The van der Waals surface area contributed by atoms with Gasteiger partial charge in [-0.3, -0.25) is 4.79 Å². The third kappa shape index (κ3) is 3.08. The predicted octanol–water partition coefficient (Wildman–Crippen LogP) is 7.67. The summed E-state index contributed by atoms with van der Waals surface area (Å²) >= 11 is 3.63. The normalized spacial score (nSPS) is 11.1. The number of hydrogen-bond donors (Lipinski definition) is 0. The summed E-state index contributed by atoms with van der Waals surface area (Å²) in [7, 11) is 0. The van der Waals surface area contributed by atoms with Gasteiger partial charge in [-0.2, -0.15) is 0 Å². The highest BCUT2D eigenvalue weighted by molar-refractivity contribution is 9.10. The zero-order valence-electron chi connectivity index (χ0n) is 16.2. The molecule has 0 aliphatic heterocycles. The molecule has 0 atom stereocenters. The van der Waals surface area contributed by atoms with Gasteiger partial charge in [-0.15, -0.1) is 0 Å². The fourth-order valence-electron chi connectivity index (χ4n) is 3.97. The van der Waals surface area contributed by atoms with E-state index in [1.807, 2.05) is 30.3 Å². The first kappa shape index (κ1) is 18.6. The molecule has 0 radical (unpaired) electrons. The lowest BCUT2D eigenvalue weighted by molar-refractivity contribution is 0.112. The first-order chi connectivity index (χ1) is 14.7. The van der Waals surface area contributed by atoms with E-state index in [1.165, 1.54) is 10.8 Å². The number of fused-ring (bicyclic) bond motifs is 3. The summed E-state index contributed by atoms with van der Waals surface area (Å²) in [5.74, 6) is 0. The first-order valence-electron chi connectivity index (χ1n) is 9.70. The Labute approximate surface area is 183 Å². The maximum absolute atomic E-state index is 11.0. The molecule has 2 nitrogen and oxygen atoms in total. The molecule has 5 rings (SSSR count). The number of carbonyl (C=O) groups excluding carboxylic acids is 1. The van der Waals surface area contributed by atoms with Crippen LogP contribution in [0, 0.1) is 0 Å². The number of aldehydes is 1. The van der Waals surface area contributed by atoms with Crippen LogP contribution in [0.5, 0.6) is 0 Å². The van der Waals surface area contributed by atoms with Crippen LogP contribution in [0.2, 0.25) is 0 Å². The molecule has 3 heteroatoms. The highest BCUT2D eigenvalue weighted by Crippen LogP contribution is 2.36. The molecular formula is C27H18BrNO. The van der Waals surface area contributed by atoms with Gasteiger partial charge in [0.2, 0.25) is 0 Å². The summed E-state index contributed by atoms with van der Waals surface area (Å²) in [6, 6.07) is 29.1. The van der Waals surface area contributed by atoms with Crippen LogP contribution < -0.4 is 0 Å². The molecule has 0 saturated heterocycles. The van der Waals surface area contributed by atoms with E-state index in [0.29, 0.717) is 5.56 Å². The third-order valence-electron chi connectivity index (χ3n) is 5.49. The lowest BCUT2D eigenvalue weighted by atomic mass is 10.0. The smallest absolute Gasteiger partial charge is 0.150 e. The Hall–Kier alpha value is -3.43. The summed E-state index contributed by atoms with van der Waals surface area (Å²) in [5, 5.41) is 2.38. The topological polar surface area (TPSA) is 22.0 Å². The molecule has 0 spiro atoms. The molecular weight excluding hydrogens is 434 g/mol. The number of rotatable bonds is 4. The van der Waals surface area contributed by atoms with E-state index < -0.39 is 0 Å². The quantitative estimate of drug-likeness (QED) is 0.257. The zero-order valence-corrected chi connectivity index (χ0v) is 17.8. The second-order valence-electron chi connectivity index (χ2n) is 7.26. The Bertz CT molecular complexity index is 1410. The Morgan fingerprint density at radius 2 is 1.30 bits per heavy atom. The highest BCUT2D eigenvalue weighted by Gasteiger charge is 2.13. The molecule has 0 saturated carbocycles. The number of halogens is 1. The molecule has 0 fully saturated rings. The van der Waals surface area contributed by atoms with Gasteiger partial charge < -0.3 is 4.57 Å². The molecule has 30 heavy (non-hydrogen) atoms. The first-order valence-corrected chi connectivity index (χ1v) is 10.5. The van der Waals surface area contributed by atoms with Crippen molar-refractivity contribution >= 4 is 50.1 Å². The standard InChI is InChI=1S/C27H18BrNO/c1-2-18-5-11-23(12-6-18)29-26-13-9-21(20-7-3-19(17-30)4-8-20)15-24(26)25-16-22(28)10-14-27(25)29/h2-17H,1H2. The maximum Gasteiger partial charge on any atom is 0.150 e. The van der Waals surface area contributed by atoms with Crippen LogP contribution in [0.4, 0.5) is 0 Å². The zero-order chi connectivity index (χ0) is 20.7. The second-order valence-corrected chi connectivity index (χ2v) is 8.18. The molecule has 1 aromatic heterocycles. The Kier molecular flexibility index (Phi) is 4.61. The molecule has 0 N–H and O–H groups in total. The van der Waals surface area contributed by atoms with Crippen molar-refractivity contribution in [3.8, 4) is 16.8 Å². The van der Waals surface area contributed by atoms with Gasteiger partial charge in [0.1, 0.15) is 6.29 Å². The van der Waals surface area contributed by atoms with Crippen molar-refractivity contribution in [2.24, 2.45) is 0 Å². The molecule has 0 unspecified atom stereocenters. The number of aromatic nitrogens is 1. The molecule has 144 valence electrons. The van der Waals surface area contributed by atoms with Crippen molar-refractivity contribution in [1.29, 1.82) is 0 Å². The Balaban J connectivity index is 1.77. The largest absolute Gasteiger partial charge is 0.309 e. The summed E-state index contributed by atoms with van der Waals surface area (Å²) < 4.78 is 3.35. The number of benzene rings is 4. The second kappa shape index (κ2) is 7.43. The van der Waals surface area contributed by atoms with Crippen molar-refractivity contribution in [2.75, 3.05) is 0 Å². The van der Waals surface area contributed by atoms with Crippen LogP contribution in [0.25, 0.3) is 44.7 Å². The van der Waals surface area contributed by atoms with Crippen LogP contribution in [0.15, 0.2) is 96.0 Å². The van der Waals surface area contributed by atoms with Crippen molar-refractivity contribution in [2.45, 2.75) is 0 Å². The van der Waals surface area contributed by atoms with E-state index in [4.69, 9.17) is 0 Å².